The maximum Gasteiger partial charge on any atom is 0.270 e. The monoisotopic (exact) mass is 319 g/mol. The Morgan fingerprint density at radius 3 is 2.55 bits per heavy atom. The van der Waals surface area contributed by atoms with Crippen molar-refractivity contribution in [2.45, 2.75) is 39.3 Å². The molecular formula is C17H22ClN3O. The van der Waals surface area contributed by atoms with Crippen LogP contribution in [0.15, 0.2) is 12.1 Å². The van der Waals surface area contributed by atoms with Crippen LogP contribution in [-0.4, -0.2) is 41.0 Å². The highest BCUT2D eigenvalue weighted by atomic mass is 35.5. The molecule has 4 nitrogen and oxygen atoms in total. The second kappa shape index (κ2) is 5.28. The van der Waals surface area contributed by atoms with Crippen LogP contribution >= 0.6 is 12.4 Å². The number of H-pyrrole nitrogens is 1. The number of benzene rings is 1. The van der Waals surface area contributed by atoms with Crippen LogP contribution in [0.1, 0.15) is 33.6 Å². The van der Waals surface area contributed by atoms with Gasteiger partial charge in [0.05, 0.1) is 0 Å². The Labute approximate surface area is 136 Å². The summed E-state index contributed by atoms with van der Waals surface area (Å²) in [7, 11) is 0. The van der Waals surface area contributed by atoms with Crippen molar-refractivity contribution < 1.29 is 4.79 Å². The van der Waals surface area contributed by atoms with Crippen LogP contribution in [0.25, 0.3) is 10.9 Å². The number of carbonyl (C=O) groups excluding carboxylic acids is 1. The van der Waals surface area contributed by atoms with E-state index in [9.17, 15) is 4.79 Å². The molecule has 3 heterocycles. The van der Waals surface area contributed by atoms with E-state index in [1.54, 1.807) is 0 Å². The van der Waals surface area contributed by atoms with E-state index in [4.69, 9.17) is 0 Å². The van der Waals surface area contributed by atoms with Gasteiger partial charge in [0.25, 0.3) is 5.91 Å². The zero-order valence-corrected chi connectivity index (χ0v) is 14.0. The number of fused-ring (bicyclic) bond motifs is 3. The standard InChI is InChI=1S/C17H21N3O.ClH/c1-9-4-5-10(2)15-14(9)11(3)16(19-15)17(21)20-8-12-6-13(20)7-18-12;/h4-5,12-13,18-19H,6-8H2,1-3H3;1H/t12-,13-;/m0./s1. The molecule has 2 aliphatic rings. The first-order valence-electron chi connectivity index (χ1n) is 7.69. The molecule has 2 aromatic rings. The minimum absolute atomic E-state index is 0. The van der Waals surface area contributed by atoms with Gasteiger partial charge in [-0.05, 0) is 43.9 Å². The van der Waals surface area contributed by atoms with Gasteiger partial charge >= 0.3 is 0 Å². The van der Waals surface area contributed by atoms with E-state index in [0.717, 1.165) is 36.3 Å². The van der Waals surface area contributed by atoms with Crippen molar-refractivity contribution >= 4 is 29.2 Å². The number of likely N-dealkylation sites (tertiary alicyclic amines) is 1. The van der Waals surface area contributed by atoms with Crippen molar-refractivity contribution in [1.82, 2.24) is 15.2 Å². The average Bonchev–Trinajstić information content (AvgIpc) is 3.16. The molecule has 118 valence electrons. The molecule has 2 aliphatic heterocycles. The lowest BCUT2D eigenvalue weighted by molar-refractivity contribution is 0.0710. The van der Waals surface area contributed by atoms with E-state index in [0.29, 0.717) is 12.1 Å². The fraction of sp³-hybridized carbons (Fsp3) is 0.471. The summed E-state index contributed by atoms with van der Waals surface area (Å²) >= 11 is 0. The minimum atomic E-state index is 0. The first kappa shape index (κ1) is 15.4. The van der Waals surface area contributed by atoms with Gasteiger partial charge < -0.3 is 15.2 Å². The smallest absolute Gasteiger partial charge is 0.270 e. The Morgan fingerprint density at radius 1 is 1.23 bits per heavy atom. The van der Waals surface area contributed by atoms with Gasteiger partial charge in [-0.25, -0.2) is 0 Å². The van der Waals surface area contributed by atoms with E-state index in [1.165, 1.54) is 16.5 Å². The molecule has 0 radical (unpaired) electrons. The molecule has 1 aromatic heterocycles. The molecule has 1 amide bonds. The normalized spacial score (nSPS) is 23.1. The highest BCUT2D eigenvalue weighted by molar-refractivity contribution is 6.02. The zero-order chi connectivity index (χ0) is 14.7. The van der Waals surface area contributed by atoms with Crippen molar-refractivity contribution in [2.24, 2.45) is 0 Å². The summed E-state index contributed by atoms with van der Waals surface area (Å²) in [5.41, 5.74) is 5.40. The second-order valence-corrected chi connectivity index (χ2v) is 6.53. The molecule has 5 heteroatoms. The number of hydrogen-bond acceptors (Lipinski definition) is 2. The molecule has 22 heavy (non-hydrogen) atoms. The Hall–Kier alpha value is -1.52. The van der Waals surface area contributed by atoms with Crippen LogP contribution in [-0.2, 0) is 0 Å². The van der Waals surface area contributed by atoms with Gasteiger partial charge in [-0.1, -0.05) is 12.1 Å². The Kier molecular flexibility index (Phi) is 3.69. The molecular weight excluding hydrogens is 298 g/mol. The number of rotatable bonds is 1. The SMILES string of the molecule is Cc1ccc(C)c2c(C)c(C(=O)N3C[C@@H]4C[C@H]3CN4)[nH]c12.Cl. The molecule has 0 spiro atoms. The fourth-order valence-corrected chi connectivity index (χ4v) is 3.97. The molecule has 2 bridgehead atoms. The molecule has 2 atom stereocenters. The average molecular weight is 320 g/mol. The first-order chi connectivity index (χ1) is 10.1. The Morgan fingerprint density at radius 2 is 1.95 bits per heavy atom. The van der Waals surface area contributed by atoms with Crippen molar-refractivity contribution in [1.29, 1.82) is 0 Å². The predicted octanol–water partition coefficient (Wildman–Crippen LogP) is 2.70. The topological polar surface area (TPSA) is 48.1 Å². The third-order valence-electron chi connectivity index (χ3n) is 5.15. The summed E-state index contributed by atoms with van der Waals surface area (Å²) in [4.78, 5) is 18.4. The number of hydrogen-bond donors (Lipinski definition) is 2. The van der Waals surface area contributed by atoms with Crippen molar-refractivity contribution in [2.75, 3.05) is 13.1 Å². The van der Waals surface area contributed by atoms with Gasteiger partial charge in [0.2, 0.25) is 0 Å². The van der Waals surface area contributed by atoms with E-state index in [1.807, 2.05) is 4.90 Å². The number of aryl methyl sites for hydroxylation is 3. The lowest BCUT2D eigenvalue weighted by Gasteiger charge is -2.27. The van der Waals surface area contributed by atoms with E-state index < -0.39 is 0 Å². The molecule has 0 aliphatic carbocycles. The largest absolute Gasteiger partial charge is 0.350 e. The number of amides is 1. The predicted molar refractivity (Wildman–Crippen MR) is 91.0 cm³/mol. The van der Waals surface area contributed by atoms with Gasteiger partial charge in [0, 0.05) is 36.1 Å². The van der Waals surface area contributed by atoms with E-state index in [-0.39, 0.29) is 18.3 Å². The molecule has 2 N–H and O–H groups in total. The Balaban J connectivity index is 0.00000144. The van der Waals surface area contributed by atoms with Crippen LogP contribution in [0.4, 0.5) is 0 Å². The summed E-state index contributed by atoms with van der Waals surface area (Å²) in [5, 5.41) is 4.66. The third-order valence-corrected chi connectivity index (χ3v) is 5.15. The number of nitrogens with zero attached hydrogens (tertiary/aromatic N) is 1. The van der Waals surface area contributed by atoms with E-state index in [2.05, 4.69) is 43.2 Å². The summed E-state index contributed by atoms with van der Waals surface area (Å²) < 4.78 is 0. The van der Waals surface area contributed by atoms with Crippen LogP contribution in [0.3, 0.4) is 0 Å². The molecule has 2 fully saturated rings. The van der Waals surface area contributed by atoms with Gasteiger partial charge in [-0.3, -0.25) is 4.79 Å². The number of nitrogens with one attached hydrogen (secondary N) is 2. The van der Waals surface area contributed by atoms with Crippen molar-refractivity contribution in [3.63, 3.8) is 0 Å². The second-order valence-electron chi connectivity index (χ2n) is 6.53. The molecule has 1 aromatic carbocycles. The number of aromatic nitrogens is 1. The Bertz CT molecular complexity index is 752. The van der Waals surface area contributed by atoms with Gasteiger partial charge in [-0.2, -0.15) is 0 Å². The third kappa shape index (κ3) is 2.05. The van der Waals surface area contributed by atoms with E-state index >= 15 is 0 Å². The molecule has 0 unspecified atom stereocenters. The van der Waals surface area contributed by atoms with Crippen LogP contribution < -0.4 is 5.32 Å². The molecule has 0 saturated carbocycles. The van der Waals surface area contributed by atoms with Crippen LogP contribution in [0.2, 0.25) is 0 Å². The highest BCUT2D eigenvalue weighted by Gasteiger charge is 2.41. The summed E-state index contributed by atoms with van der Waals surface area (Å²) in [5.74, 6) is 0.163. The van der Waals surface area contributed by atoms with Gasteiger partial charge in [0.1, 0.15) is 5.69 Å². The molecule has 2 saturated heterocycles. The van der Waals surface area contributed by atoms with Gasteiger partial charge in [0.15, 0.2) is 0 Å². The number of aromatic amines is 1. The highest BCUT2D eigenvalue weighted by Crippen LogP contribution is 2.31. The zero-order valence-electron chi connectivity index (χ0n) is 13.2. The lowest BCUT2D eigenvalue weighted by Crippen LogP contribution is -2.46. The number of piperazine rings is 1. The first-order valence-corrected chi connectivity index (χ1v) is 7.69. The maximum atomic E-state index is 12.9. The van der Waals surface area contributed by atoms with Gasteiger partial charge in [-0.15, -0.1) is 12.4 Å². The van der Waals surface area contributed by atoms with Crippen LogP contribution in [0, 0.1) is 20.8 Å². The lowest BCUT2D eigenvalue weighted by atomic mass is 10.0. The minimum Gasteiger partial charge on any atom is -0.350 e. The fourth-order valence-electron chi connectivity index (χ4n) is 3.97. The maximum absolute atomic E-state index is 12.9. The summed E-state index contributed by atoms with van der Waals surface area (Å²) in [6.45, 7) is 8.04. The molecule has 4 rings (SSSR count). The summed E-state index contributed by atoms with van der Waals surface area (Å²) in [6, 6.07) is 5.11. The van der Waals surface area contributed by atoms with Crippen molar-refractivity contribution in [3.05, 3.63) is 34.5 Å². The van der Waals surface area contributed by atoms with Crippen LogP contribution in [0.5, 0.6) is 0 Å². The summed E-state index contributed by atoms with van der Waals surface area (Å²) in [6.07, 6.45) is 1.10. The number of halogens is 1. The quantitative estimate of drug-likeness (QED) is 0.849. The van der Waals surface area contributed by atoms with Crippen molar-refractivity contribution in [3.8, 4) is 0 Å². The number of carbonyl (C=O) groups is 1.